The molecule has 2 nitrogen and oxygen atoms in total. The van der Waals surface area contributed by atoms with Crippen LogP contribution in [0.3, 0.4) is 0 Å². The van der Waals surface area contributed by atoms with Gasteiger partial charge in [0, 0.05) is 12.8 Å². The van der Waals surface area contributed by atoms with E-state index in [4.69, 9.17) is 4.74 Å². The first-order chi connectivity index (χ1) is 23.7. The number of hydrogen-bond acceptors (Lipinski definition) is 2. The largest absolute Gasteiger partial charge is 0.462 e. The van der Waals surface area contributed by atoms with Gasteiger partial charge in [-0.25, -0.2) is 0 Å². The molecule has 0 N–H and O–H groups in total. The van der Waals surface area contributed by atoms with Gasteiger partial charge in [0.15, 0.2) is 0 Å². The lowest BCUT2D eigenvalue weighted by Gasteiger charge is -2.58. The first-order valence-corrected chi connectivity index (χ1v) is 21.9. The molecule has 0 bridgehead atoms. The van der Waals surface area contributed by atoms with E-state index in [1.165, 1.54) is 122 Å². The third-order valence-corrected chi connectivity index (χ3v) is 14.4. The van der Waals surface area contributed by atoms with Crippen LogP contribution in [0.2, 0.25) is 0 Å². The number of allylic oxidation sites excluding steroid dienone is 5. The molecule has 280 valence electrons. The van der Waals surface area contributed by atoms with Crippen molar-refractivity contribution in [2.24, 2.45) is 46.3 Å². The van der Waals surface area contributed by atoms with Gasteiger partial charge in [0.05, 0.1) is 0 Å². The number of rotatable bonds is 22. The van der Waals surface area contributed by atoms with Gasteiger partial charge in [0.2, 0.25) is 0 Å². The van der Waals surface area contributed by atoms with Crippen LogP contribution in [0, 0.1) is 46.3 Å². The smallest absolute Gasteiger partial charge is 0.306 e. The molecule has 0 amide bonds. The molecular formula is C47H80O2. The van der Waals surface area contributed by atoms with Gasteiger partial charge in [-0.05, 0) is 130 Å². The fourth-order valence-corrected chi connectivity index (χ4v) is 11.4. The Morgan fingerprint density at radius 2 is 1.49 bits per heavy atom. The minimum atomic E-state index is 0.0541. The van der Waals surface area contributed by atoms with Crippen molar-refractivity contribution < 1.29 is 9.53 Å². The van der Waals surface area contributed by atoms with Crippen molar-refractivity contribution in [3.8, 4) is 0 Å². The van der Waals surface area contributed by atoms with Gasteiger partial charge in [-0.15, -0.1) is 0 Å². The Hall–Kier alpha value is -1.31. The second kappa shape index (κ2) is 20.7. The third-order valence-electron chi connectivity index (χ3n) is 14.4. The average molecular weight is 677 g/mol. The molecular weight excluding hydrogens is 597 g/mol. The monoisotopic (exact) mass is 677 g/mol. The molecule has 2 heteroatoms. The normalized spacial score (nSPS) is 31.9. The molecule has 3 saturated carbocycles. The number of esters is 1. The zero-order valence-electron chi connectivity index (χ0n) is 33.4. The van der Waals surface area contributed by atoms with Crippen LogP contribution in [0.1, 0.15) is 202 Å². The Bertz CT molecular complexity index is 1050. The van der Waals surface area contributed by atoms with Gasteiger partial charge in [0.1, 0.15) is 6.10 Å². The fraction of sp³-hybridized carbons (Fsp3) is 0.851. The maximum Gasteiger partial charge on any atom is 0.306 e. The number of fused-ring (bicyclic) bond motifs is 5. The lowest BCUT2D eigenvalue weighted by Crippen LogP contribution is -2.51. The van der Waals surface area contributed by atoms with Crippen LogP contribution in [-0.4, -0.2) is 12.1 Å². The maximum absolute atomic E-state index is 12.8. The van der Waals surface area contributed by atoms with E-state index in [-0.39, 0.29) is 12.1 Å². The van der Waals surface area contributed by atoms with E-state index in [1.54, 1.807) is 5.57 Å². The number of carbonyl (C=O) groups is 1. The molecule has 0 radical (unpaired) electrons. The molecule has 49 heavy (non-hydrogen) atoms. The van der Waals surface area contributed by atoms with E-state index >= 15 is 0 Å². The average Bonchev–Trinajstić information content (AvgIpc) is 3.43. The highest BCUT2D eigenvalue weighted by molar-refractivity contribution is 5.69. The minimum absolute atomic E-state index is 0.0541. The summed E-state index contributed by atoms with van der Waals surface area (Å²) in [5, 5.41) is 0. The highest BCUT2D eigenvalue weighted by atomic mass is 16.5. The zero-order valence-corrected chi connectivity index (χ0v) is 33.4. The van der Waals surface area contributed by atoms with Gasteiger partial charge in [-0.1, -0.05) is 142 Å². The summed E-state index contributed by atoms with van der Waals surface area (Å²) >= 11 is 0. The summed E-state index contributed by atoms with van der Waals surface area (Å²) in [6.45, 7) is 14.9. The van der Waals surface area contributed by atoms with Gasteiger partial charge < -0.3 is 4.74 Å². The van der Waals surface area contributed by atoms with Crippen LogP contribution < -0.4 is 0 Å². The van der Waals surface area contributed by atoms with E-state index in [2.05, 4.69) is 71.9 Å². The van der Waals surface area contributed by atoms with Crippen LogP contribution in [0.5, 0.6) is 0 Å². The number of unbranched alkanes of at least 4 members (excludes halogenated alkanes) is 10. The van der Waals surface area contributed by atoms with Crippen molar-refractivity contribution >= 4 is 5.97 Å². The minimum Gasteiger partial charge on any atom is -0.462 e. The van der Waals surface area contributed by atoms with E-state index in [0.29, 0.717) is 17.3 Å². The van der Waals surface area contributed by atoms with Crippen LogP contribution in [0.4, 0.5) is 0 Å². The highest BCUT2D eigenvalue weighted by Gasteiger charge is 2.59. The summed E-state index contributed by atoms with van der Waals surface area (Å²) in [7, 11) is 0. The van der Waals surface area contributed by atoms with Crippen LogP contribution >= 0.6 is 0 Å². The molecule has 0 aromatic carbocycles. The van der Waals surface area contributed by atoms with Crippen LogP contribution in [0.25, 0.3) is 0 Å². The molecule has 0 aromatic heterocycles. The zero-order chi connectivity index (χ0) is 35.1. The summed E-state index contributed by atoms with van der Waals surface area (Å²) in [5.41, 5.74) is 2.52. The van der Waals surface area contributed by atoms with Crippen molar-refractivity contribution in [3.63, 3.8) is 0 Å². The molecule has 4 aliphatic rings. The molecule has 0 aromatic rings. The van der Waals surface area contributed by atoms with Crippen molar-refractivity contribution in [1.29, 1.82) is 0 Å². The first kappa shape index (κ1) is 40.5. The lowest BCUT2D eigenvalue weighted by atomic mass is 9.47. The number of hydrogen-bond donors (Lipinski definition) is 0. The Morgan fingerprint density at radius 1 is 0.796 bits per heavy atom. The highest BCUT2D eigenvalue weighted by Crippen LogP contribution is 2.67. The third kappa shape index (κ3) is 11.6. The van der Waals surface area contributed by atoms with E-state index in [1.807, 2.05) is 0 Å². The molecule has 8 atom stereocenters. The van der Waals surface area contributed by atoms with E-state index in [0.717, 1.165) is 67.6 Å². The molecule has 0 aliphatic heterocycles. The summed E-state index contributed by atoms with van der Waals surface area (Å²) in [5.74, 6) is 5.31. The Morgan fingerprint density at radius 3 is 2.20 bits per heavy atom. The van der Waals surface area contributed by atoms with Crippen LogP contribution in [-0.2, 0) is 9.53 Å². The molecule has 0 saturated heterocycles. The summed E-state index contributed by atoms with van der Waals surface area (Å²) in [6, 6.07) is 0. The van der Waals surface area contributed by atoms with Crippen LogP contribution in [0.15, 0.2) is 36.0 Å². The molecule has 0 unspecified atom stereocenters. The SMILES string of the molecule is CCCCC/C=C/C/C=C/CCCCCCCCCC(=O)O[C@H]1CC[C@@]2(C)C(=CC[C@H]3[C@@H]4CC[C@H]([C@H](C)CCCC(C)C)[C@@]4(C)CC[C@@H]32)C1. The van der Waals surface area contributed by atoms with E-state index < -0.39 is 0 Å². The molecule has 4 rings (SSSR count). The summed E-state index contributed by atoms with van der Waals surface area (Å²) < 4.78 is 6.13. The molecule has 0 spiro atoms. The summed E-state index contributed by atoms with van der Waals surface area (Å²) in [4.78, 5) is 12.8. The standard InChI is InChI=1S/C47H80O2/c1-7-8-9-10-11-12-13-14-15-16-17-18-19-20-21-22-23-27-45(48)49-40-32-34-46(5)39(36-40)28-29-41-43-31-30-42(38(4)26-24-25-37(2)3)47(43,6)35-33-44(41)46/h11-12,14-15,28,37-38,40-44H,7-10,13,16-27,29-36H2,1-6H3/b12-11+,15-14+/t38-,40+,41+,42-,43+,44+,46+,47-/m1/s1. The molecule has 3 fully saturated rings. The van der Waals surface area contributed by atoms with E-state index in [9.17, 15) is 4.79 Å². The summed E-state index contributed by atoms with van der Waals surface area (Å²) in [6.07, 6.45) is 43.5. The molecule has 4 aliphatic carbocycles. The van der Waals surface area contributed by atoms with Gasteiger partial charge in [-0.2, -0.15) is 0 Å². The molecule has 0 heterocycles. The number of ether oxygens (including phenoxy) is 1. The van der Waals surface area contributed by atoms with Crippen molar-refractivity contribution in [2.45, 2.75) is 208 Å². The van der Waals surface area contributed by atoms with Crippen molar-refractivity contribution in [1.82, 2.24) is 0 Å². The first-order valence-electron chi connectivity index (χ1n) is 21.9. The van der Waals surface area contributed by atoms with Gasteiger partial charge in [-0.3, -0.25) is 4.79 Å². The Labute approximate surface area is 305 Å². The van der Waals surface area contributed by atoms with Crippen molar-refractivity contribution in [3.05, 3.63) is 36.0 Å². The predicted molar refractivity (Wildman–Crippen MR) is 212 cm³/mol. The second-order valence-electron chi connectivity index (χ2n) is 18.3. The predicted octanol–water partition coefficient (Wildman–Crippen LogP) is 14.5. The Balaban J connectivity index is 1.09. The second-order valence-corrected chi connectivity index (χ2v) is 18.3. The number of carbonyl (C=O) groups excluding carboxylic acids is 1. The lowest BCUT2D eigenvalue weighted by molar-refractivity contribution is -0.151. The topological polar surface area (TPSA) is 26.3 Å². The maximum atomic E-state index is 12.8. The van der Waals surface area contributed by atoms with Gasteiger partial charge >= 0.3 is 5.97 Å². The quantitative estimate of drug-likeness (QED) is 0.0648. The van der Waals surface area contributed by atoms with Crippen molar-refractivity contribution in [2.75, 3.05) is 0 Å². The Kier molecular flexibility index (Phi) is 17.1. The van der Waals surface area contributed by atoms with Gasteiger partial charge in [0.25, 0.3) is 0 Å². The fourth-order valence-electron chi connectivity index (χ4n) is 11.4.